The highest BCUT2D eigenvalue weighted by molar-refractivity contribution is 6.04. The Bertz CT molecular complexity index is 672. The number of nitrogens with one attached hydrogen (secondary N) is 3. The zero-order chi connectivity index (χ0) is 15.4. The second kappa shape index (κ2) is 7.99. The summed E-state index contributed by atoms with van der Waals surface area (Å²) in [6.07, 6.45) is 1.82. The van der Waals surface area contributed by atoms with E-state index in [0.717, 1.165) is 36.4 Å². The van der Waals surface area contributed by atoms with Crippen LogP contribution in [0.4, 0.5) is 5.69 Å². The van der Waals surface area contributed by atoms with Crippen molar-refractivity contribution in [3.05, 3.63) is 41.2 Å². The molecule has 0 atom stereocenters. The van der Waals surface area contributed by atoms with E-state index in [4.69, 9.17) is 4.74 Å². The van der Waals surface area contributed by atoms with Crippen LogP contribution in [0.25, 0.3) is 0 Å². The predicted octanol–water partition coefficient (Wildman–Crippen LogP) is 2.52. The Labute approximate surface area is 141 Å². The quantitative estimate of drug-likeness (QED) is 0.784. The molecule has 0 bridgehead atoms. The van der Waals surface area contributed by atoms with Crippen molar-refractivity contribution in [2.75, 3.05) is 18.5 Å². The molecule has 23 heavy (non-hydrogen) atoms. The van der Waals surface area contributed by atoms with Crippen LogP contribution >= 0.6 is 12.4 Å². The first-order chi connectivity index (χ1) is 10.8. The number of nitrogens with zero attached hydrogens (tertiary/aromatic N) is 1. The summed E-state index contributed by atoms with van der Waals surface area (Å²) in [5, 5.41) is 13.3. The van der Waals surface area contributed by atoms with Crippen LogP contribution in [0.2, 0.25) is 0 Å². The van der Waals surface area contributed by atoms with E-state index < -0.39 is 0 Å². The number of rotatable bonds is 5. The molecule has 3 N–H and O–H groups in total. The molecule has 1 aromatic heterocycles. The van der Waals surface area contributed by atoms with Gasteiger partial charge in [-0.25, -0.2) is 0 Å². The SMILES string of the molecule is CCCOc1cccc(NC(=O)c2n[nH]c3c2CNCC3)c1.Cl. The molecule has 1 aliphatic heterocycles. The molecule has 0 saturated heterocycles. The van der Waals surface area contributed by atoms with Gasteiger partial charge < -0.3 is 15.4 Å². The molecule has 0 fully saturated rings. The standard InChI is InChI=1S/C16H20N4O2.ClH/c1-2-8-22-12-5-3-4-11(9-12)18-16(21)15-13-10-17-7-6-14(13)19-20-15;/h3-5,9,17H,2,6-8,10H2,1H3,(H,18,21)(H,19,20);1H. The number of carbonyl (C=O) groups is 1. The van der Waals surface area contributed by atoms with E-state index in [-0.39, 0.29) is 18.3 Å². The Morgan fingerprint density at radius 2 is 2.30 bits per heavy atom. The highest BCUT2D eigenvalue weighted by Crippen LogP contribution is 2.20. The van der Waals surface area contributed by atoms with Gasteiger partial charge in [0.05, 0.1) is 6.61 Å². The molecular formula is C16H21ClN4O2. The highest BCUT2D eigenvalue weighted by Gasteiger charge is 2.21. The lowest BCUT2D eigenvalue weighted by molar-refractivity contribution is 0.102. The summed E-state index contributed by atoms with van der Waals surface area (Å²) < 4.78 is 5.58. The molecule has 0 radical (unpaired) electrons. The molecule has 0 saturated carbocycles. The third-order valence-electron chi connectivity index (χ3n) is 3.59. The fourth-order valence-electron chi connectivity index (χ4n) is 2.49. The molecule has 1 amide bonds. The Hall–Kier alpha value is -2.05. The normalized spacial score (nSPS) is 12.9. The van der Waals surface area contributed by atoms with Crippen molar-refractivity contribution >= 4 is 24.0 Å². The van der Waals surface area contributed by atoms with Crippen LogP contribution in [0.3, 0.4) is 0 Å². The zero-order valence-electron chi connectivity index (χ0n) is 13.0. The lowest BCUT2D eigenvalue weighted by Crippen LogP contribution is -2.25. The highest BCUT2D eigenvalue weighted by atomic mass is 35.5. The zero-order valence-corrected chi connectivity index (χ0v) is 13.8. The van der Waals surface area contributed by atoms with Gasteiger partial charge >= 0.3 is 0 Å². The lowest BCUT2D eigenvalue weighted by atomic mass is 10.1. The van der Waals surface area contributed by atoms with E-state index in [9.17, 15) is 4.79 Å². The number of anilines is 1. The Morgan fingerprint density at radius 1 is 1.43 bits per heavy atom. The fourth-order valence-corrected chi connectivity index (χ4v) is 2.49. The largest absolute Gasteiger partial charge is 0.494 e. The van der Waals surface area contributed by atoms with Crippen molar-refractivity contribution in [1.29, 1.82) is 0 Å². The van der Waals surface area contributed by atoms with Crippen molar-refractivity contribution < 1.29 is 9.53 Å². The summed E-state index contributed by atoms with van der Waals surface area (Å²) in [4.78, 5) is 12.4. The molecule has 6 nitrogen and oxygen atoms in total. The van der Waals surface area contributed by atoms with Gasteiger partial charge in [-0.15, -0.1) is 12.4 Å². The van der Waals surface area contributed by atoms with Gasteiger partial charge in [0, 0.05) is 42.5 Å². The van der Waals surface area contributed by atoms with Gasteiger partial charge in [-0.1, -0.05) is 13.0 Å². The summed E-state index contributed by atoms with van der Waals surface area (Å²) in [6, 6.07) is 7.41. The second-order valence-electron chi connectivity index (χ2n) is 5.29. The number of aromatic amines is 1. The van der Waals surface area contributed by atoms with Gasteiger partial charge in [-0.05, 0) is 18.6 Å². The third-order valence-corrected chi connectivity index (χ3v) is 3.59. The fraction of sp³-hybridized carbons (Fsp3) is 0.375. The minimum absolute atomic E-state index is 0. The second-order valence-corrected chi connectivity index (χ2v) is 5.29. The maximum absolute atomic E-state index is 12.4. The van der Waals surface area contributed by atoms with Gasteiger partial charge in [0.1, 0.15) is 5.75 Å². The first kappa shape index (κ1) is 17.3. The van der Waals surface area contributed by atoms with Crippen LogP contribution in [0.5, 0.6) is 5.75 Å². The number of H-pyrrole nitrogens is 1. The van der Waals surface area contributed by atoms with E-state index >= 15 is 0 Å². The van der Waals surface area contributed by atoms with Gasteiger partial charge in [-0.2, -0.15) is 5.10 Å². The monoisotopic (exact) mass is 336 g/mol. The lowest BCUT2D eigenvalue weighted by Gasteiger charge is -2.13. The number of hydrogen-bond acceptors (Lipinski definition) is 4. The van der Waals surface area contributed by atoms with Gasteiger partial charge in [0.2, 0.25) is 0 Å². The summed E-state index contributed by atoms with van der Waals surface area (Å²) in [7, 11) is 0. The Balaban J connectivity index is 0.00000192. The average Bonchev–Trinajstić information content (AvgIpc) is 2.97. The molecule has 0 spiro atoms. The number of benzene rings is 1. The summed E-state index contributed by atoms with van der Waals surface area (Å²) in [6.45, 7) is 4.30. The van der Waals surface area contributed by atoms with Crippen molar-refractivity contribution in [1.82, 2.24) is 15.5 Å². The van der Waals surface area contributed by atoms with Crippen molar-refractivity contribution in [3.8, 4) is 5.75 Å². The van der Waals surface area contributed by atoms with Crippen LogP contribution in [-0.4, -0.2) is 29.3 Å². The molecule has 2 aromatic rings. The van der Waals surface area contributed by atoms with Crippen LogP contribution in [-0.2, 0) is 13.0 Å². The topological polar surface area (TPSA) is 79.0 Å². The molecule has 1 aliphatic rings. The number of amides is 1. The number of aromatic nitrogens is 2. The average molecular weight is 337 g/mol. The number of fused-ring (bicyclic) bond motifs is 1. The van der Waals surface area contributed by atoms with E-state index in [1.54, 1.807) is 0 Å². The smallest absolute Gasteiger partial charge is 0.276 e. The number of hydrogen-bond donors (Lipinski definition) is 3. The molecule has 2 heterocycles. The first-order valence-corrected chi connectivity index (χ1v) is 7.59. The Kier molecular flexibility index (Phi) is 6.01. The molecule has 1 aromatic carbocycles. The van der Waals surface area contributed by atoms with Crippen LogP contribution in [0.15, 0.2) is 24.3 Å². The number of ether oxygens (including phenoxy) is 1. The molecule has 0 aliphatic carbocycles. The summed E-state index contributed by atoms with van der Waals surface area (Å²) >= 11 is 0. The number of carbonyl (C=O) groups excluding carboxylic acids is 1. The maximum atomic E-state index is 12.4. The molecule has 124 valence electrons. The minimum Gasteiger partial charge on any atom is -0.494 e. The van der Waals surface area contributed by atoms with Crippen molar-refractivity contribution in [2.24, 2.45) is 0 Å². The van der Waals surface area contributed by atoms with Crippen LogP contribution < -0.4 is 15.4 Å². The molecule has 7 heteroatoms. The van der Waals surface area contributed by atoms with Gasteiger partial charge in [-0.3, -0.25) is 9.89 Å². The molecule has 0 unspecified atom stereocenters. The first-order valence-electron chi connectivity index (χ1n) is 7.59. The summed E-state index contributed by atoms with van der Waals surface area (Å²) in [5.41, 5.74) is 3.17. The van der Waals surface area contributed by atoms with Crippen molar-refractivity contribution in [3.63, 3.8) is 0 Å². The third kappa shape index (κ3) is 4.03. The van der Waals surface area contributed by atoms with Gasteiger partial charge in [0.15, 0.2) is 5.69 Å². The number of halogens is 1. The van der Waals surface area contributed by atoms with Crippen molar-refractivity contribution in [2.45, 2.75) is 26.3 Å². The van der Waals surface area contributed by atoms with E-state index in [0.29, 0.717) is 24.5 Å². The molecular weight excluding hydrogens is 316 g/mol. The van der Waals surface area contributed by atoms with E-state index in [2.05, 4.69) is 27.8 Å². The van der Waals surface area contributed by atoms with E-state index in [1.165, 1.54) is 0 Å². The summed E-state index contributed by atoms with van der Waals surface area (Å²) in [5.74, 6) is 0.555. The van der Waals surface area contributed by atoms with Crippen LogP contribution in [0.1, 0.15) is 35.1 Å². The van der Waals surface area contributed by atoms with Crippen LogP contribution in [0, 0.1) is 0 Å². The predicted molar refractivity (Wildman–Crippen MR) is 91.4 cm³/mol. The van der Waals surface area contributed by atoms with E-state index in [1.807, 2.05) is 24.3 Å². The maximum Gasteiger partial charge on any atom is 0.276 e. The minimum atomic E-state index is -0.200. The molecule has 3 rings (SSSR count). The Morgan fingerprint density at radius 3 is 3.13 bits per heavy atom. The van der Waals surface area contributed by atoms with Gasteiger partial charge in [0.25, 0.3) is 5.91 Å².